The van der Waals surface area contributed by atoms with Gasteiger partial charge in [-0.1, -0.05) is 155 Å². The van der Waals surface area contributed by atoms with Gasteiger partial charge in [-0.3, -0.25) is 0 Å². The van der Waals surface area contributed by atoms with Crippen molar-refractivity contribution in [1.82, 2.24) is 4.57 Å². The lowest BCUT2D eigenvalue weighted by Gasteiger charge is -2.46. The summed E-state index contributed by atoms with van der Waals surface area (Å²) in [5.41, 5.74) is 19.6. The predicted octanol–water partition coefficient (Wildman–Crippen LogP) is 14.4. The second-order valence-corrected chi connectivity index (χ2v) is 20.9. The molecule has 0 spiro atoms. The Labute approximate surface area is 377 Å². The molecule has 1 aromatic heterocycles. The molecule has 0 N–H and O–H groups in total. The van der Waals surface area contributed by atoms with Gasteiger partial charge in [0.15, 0.2) is 0 Å². The fraction of sp³-hybridized carbons (Fsp3) is 0.322. The summed E-state index contributed by atoms with van der Waals surface area (Å²) in [7, 11) is 0. The molecule has 2 atom stereocenters. The van der Waals surface area contributed by atoms with Gasteiger partial charge in [-0.25, -0.2) is 0 Å². The molecule has 63 heavy (non-hydrogen) atoms. The molecule has 0 fully saturated rings. The van der Waals surface area contributed by atoms with Crippen LogP contribution < -0.4 is 26.2 Å². The zero-order valence-corrected chi connectivity index (χ0v) is 39.5. The zero-order chi connectivity index (χ0) is 44.2. The van der Waals surface area contributed by atoms with Gasteiger partial charge >= 0.3 is 0 Å². The number of aryl methyl sites for hydroxylation is 1. The molecule has 2 aliphatic heterocycles. The summed E-state index contributed by atoms with van der Waals surface area (Å²) in [5, 5.41) is 2.56. The lowest BCUT2D eigenvalue weighted by molar-refractivity contribution is 0.207. The summed E-state index contributed by atoms with van der Waals surface area (Å²) < 4.78 is 2.48. The van der Waals surface area contributed by atoms with Crippen LogP contribution in [0.25, 0.3) is 27.5 Å². The first-order valence-corrected chi connectivity index (χ1v) is 23.7. The number of benzene rings is 6. The quantitative estimate of drug-likeness (QED) is 0.134. The number of allylic oxidation sites excluding steroid dienone is 3. The van der Waals surface area contributed by atoms with Crippen molar-refractivity contribution in [2.24, 2.45) is 17.3 Å². The van der Waals surface area contributed by atoms with Crippen LogP contribution in [0, 0.1) is 24.2 Å². The van der Waals surface area contributed by atoms with Gasteiger partial charge in [0.1, 0.15) is 0 Å². The van der Waals surface area contributed by atoms with E-state index in [1.54, 1.807) is 0 Å². The topological polar surface area (TPSA) is 11.4 Å². The number of nitrogens with zero attached hydrogens (tertiary/aromatic N) is 3. The van der Waals surface area contributed by atoms with Crippen molar-refractivity contribution < 1.29 is 0 Å². The molecule has 318 valence electrons. The summed E-state index contributed by atoms with van der Waals surface area (Å²) in [6.45, 7) is 26.1. The van der Waals surface area contributed by atoms with Gasteiger partial charge in [-0.05, 0) is 142 Å². The minimum Gasteiger partial charge on any atom is -0.312 e. The smallest absolute Gasteiger partial charge is 0.252 e. The summed E-state index contributed by atoms with van der Waals surface area (Å²) in [4.78, 5) is 5.21. The number of para-hydroxylation sites is 2. The van der Waals surface area contributed by atoms with Crippen LogP contribution in [0.15, 0.2) is 145 Å². The van der Waals surface area contributed by atoms with E-state index in [-0.39, 0.29) is 23.0 Å². The van der Waals surface area contributed by atoms with Gasteiger partial charge in [0.2, 0.25) is 0 Å². The van der Waals surface area contributed by atoms with Crippen LogP contribution in [0.1, 0.15) is 105 Å². The van der Waals surface area contributed by atoms with E-state index in [1.165, 1.54) is 94.7 Å². The molecule has 0 radical (unpaired) electrons. The largest absolute Gasteiger partial charge is 0.312 e. The number of hydrogen-bond donors (Lipinski definition) is 0. The van der Waals surface area contributed by atoms with Crippen LogP contribution in [0.4, 0.5) is 28.4 Å². The molecule has 3 heterocycles. The van der Waals surface area contributed by atoms with Gasteiger partial charge in [0.25, 0.3) is 6.71 Å². The Bertz CT molecular complexity index is 2940. The standard InChI is InChI=1S/C59H64BN3/c1-12-57(6,7)40-23-26-42(27-24-40)61-52-32-25-41(58(8,9)13-2)36-49(52)60-48-31-29-44(62-50-21-17-15-19-45(50)46-20-16-18-22-51(46)62)37-53(48)63(55-34-38(4)33-54(61)56(55)60)43-28-30-47(39(5)35-43)59(10,11)14-3/h15-37,39,47H,12-14H2,1-11H3. The van der Waals surface area contributed by atoms with Gasteiger partial charge < -0.3 is 14.4 Å². The van der Waals surface area contributed by atoms with E-state index < -0.39 is 0 Å². The molecule has 0 saturated heterocycles. The first kappa shape index (κ1) is 41.3. The van der Waals surface area contributed by atoms with E-state index in [1.807, 2.05) is 0 Å². The summed E-state index contributed by atoms with van der Waals surface area (Å²) in [6.07, 6.45) is 10.8. The maximum atomic E-state index is 2.63. The average molecular weight is 826 g/mol. The third-order valence-electron chi connectivity index (χ3n) is 16.0. The van der Waals surface area contributed by atoms with Crippen molar-refractivity contribution >= 4 is 73.3 Å². The second kappa shape index (κ2) is 14.9. The number of rotatable bonds is 9. The molecule has 0 amide bonds. The van der Waals surface area contributed by atoms with Crippen LogP contribution in [-0.4, -0.2) is 11.3 Å². The fourth-order valence-corrected chi connectivity index (χ4v) is 11.1. The van der Waals surface area contributed by atoms with Crippen molar-refractivity contribution in [2.75, 3.05) is 9.80 Å². The molecule has 3 nitrogen and oxygen atoms in total. The van der Waals surface area contributed by atoms with Gasteiger partial charge in [0, 0.05) is 50.6 Å². The Morgan fingerprint density at radius 1 is 0.556 bits per heavy atom. The monoisotopic (exact) mass is 826 g/mol. The Kier molecular flexibility index (Phi) is 9.79. The van der Waals surface area contributed by atoms with Crippen molar-refractivity contribution in [3.05, 3.63) is 162 Å². The summed E-state index contributed by atoms with van der Waals surface area (Å²) >= 11 is 0. The Hall–Kier alpha value is -5.74. The van der Waals surface area contributed by atoms with E-state index >= 15 is 0 Å². The summed E-state index contributed by atoms with van der Waals surface area (Å²) in [5.74, 6) is 0.839. The Balaban J connectivity index is 1.26. The Morgan fingerprint density at radius 2 is 1.14 bits per heavy atom. The minimum atomic E-state index is 0.0319. The highest BCUT2D eigenvalue weighted by Gasteiger charge is 2.45. The number of fused-ring (bicyclic) bond motifs is 7. The number of hydrogen-bond acceptors (Lipinski definition) is 2. The van der Waals surface area contributed by atoms with Crippen LogP contribution in [0.5, 0.6) is 0 Å². The second-order valence-electron chi connectivity index (χ2n) is 20.9. The van der Waals surface area contributed by atoms with E-state index in [0.29, 0.717) is 11.8 Å². The highest BCUT2D eigenvalue weighted by atomic mass is 15.2. The SMILES string of the molecule is CCC(C)(C)c1ccc(N2c3ccc(C(C)(C)CC)cc3B3c4ccc(-n5c6ccccc6c6ccccc65)cc4N(C4=CC(C)C(C(C)(C)CC)C=C4)c4cc(C)cc2c43)cc1. The molecule has 10 rings (SSSR count). The van der Waals surface area contributed by atoms with Crippen LogP contribution in [-0.2, 0) is 10.8 Å². The van der Waals surface area contributed by atoms with E-state index in [0.717, 1.165) is 19.3 Å². The average Bonchev–Trinajstić information content (AvgIpc) is 3.62. The van der Waals surface area contributed by atoms with Gasteiger partial charge in [-0.2, -0.15) is 0 Å². The normalized spacial score (nSPS) is 17.3. The molecular formula is C59H64BN3. The van der Waals surface area contributed by atoms with Crippen molar-refractivity contribution in [3.8, 4) is 5.69 Å². The highest BCUT2D eigenvalue weighted by Crippen LogP contribution is 2.47. The lowest BCUT2D eigenvalue weighted by Crippen LogP contribution is -2.62. The third-order valence-corrected chi connectivity index (χ3v) is 16.0. The fourth-order valence-electron chi connectivity index (χ4n) is 11.1. The van der Waals surface area contributed by atoms with Crippen LogP contribution in [0.3, 0.4) is 0 Å². The molecular weight excluding hydrogens is 761 g/mol. The molecule has 0 bridgehead atoms. The van der Waals surface area contributed by atoms with Crippen LogP contribution >= 0.6 is 0 Å². The van der Waals surface area contributed by atoms with Crippen molar-refractivity contribution in [3.63, 3.8) is 0 Å². The number of anilines is 5. The van der Waals surface area contributed by atoms with E-state index in [2.05, 4.69) is 230 Å². The number of aromatic nitrogens is 1. The van der Waals surface area contributed by atoms with Gasteiger partial charge in [0.05, 0.1) is 11.0 Å². The maximum Gasteiger partial charge on any atom is 0.252 e. The third kappa shape index (κ3) is 6.45. The van der Waals surface area contributed by atoms with Gasteiger partial charge in [-0.15, -0.1) is 0 Å². The molecule has 0 saturated carbocycles. The molecule has 2 unspecified atom stereocenters. The molecule has 3 aliphatic rings. The van der Waals surface area contributed by atoms with Crippen molar-refractivity contribution in [1.29, 1.82) is 0 Å². The zero-order valence-electron chi connectivity index (χ0n) is 39.5. The molecule has 1 aliphatic carbocycles. The Morgan fingerprint density at radius 3 is 1.76 bits per heavy atom. The molecule has 4 heteroatoms. The predicted molar refractivity (Wildman–Crippen MR) is 274 cm³/mol. The summed E-state index contributed by atoms with van der Waals surface area (Å²) in [6, 6.07) is 46.9. The molecule has 7 aromatic rings. The minimum absolute atomic E-state index is 0.0319. The molecule has 6 aromatic carbocycles. The first-order chi connectivity index (χ1) is 30.2. The first-order valence-electron chi connectivity index (χ1n) is 23.7. The lowest BCUT2D eigenvalue weighted by atomic mass is 9.33. The van der Waals surface area contributed by atoms with Crippen LogP contribution in [0.2, 0.25) is 0 Å². The maximum absolute atomic E-state index is 2.63. The van der Waals surface area contributed by atoms with E-state index in [4.69, 9.17) is 0 Å². The van der Waals surface area contributed by atoms with Crippen molar-refractivity contribution in [2.45, 2.75) is 106 Å². The van der Waals surface area contributed by atoms with E-state index in [9.17, 15) is 0 Å². The highest BCUT2D eigenvalue weighted by molar-refractivity contribution is 7.00.